The topological polar surface area (TPSA) is 98.2 Å². The van der Waals surface area contributed by atoms with Gasteiger partial charge in [-0.1, -0.05) is 25.0 Å². The lowest BCUT2D eigenvalue weighted by Crippen LogP contribution is -2.25. The molecule has 5 N–H and O–H groups in total. The number of nitrogens with two attached hydrogens (primary N) is 2. The Hall–Kier alpha value is -1.88. The zero-order valence-corrected chi connectivity index (χ0v) is 12.4. The van der Waals surface area contributed by atoms with Gasteiger partial charge in [0.1, 0.15) is 0 Å². The van der Waals surface area contributed by atoms with Crippen molar-refractivity contribution in [3.8, 4) is 0 Å². The van der Waals surface area contributed by atoms with Gasteiger partial charge in [0.25, 0.3) is 0 Å². The first-order valence-corrected chi connectivity index (χ1v) is 7.49. The molecule has 0 heterocycles. The number of hydrogen-bond acceptors (Lipinski definition) is 3. The fraction of sp³-hybridized carbons (Fsp3) is 0.500. The fourth-order valence-electron chi connectivity index (χ4n) is 2.10. The van der Waals surface area contributed by atoms with Gasteiger partial charge in [0, 0.05) is 18.5 Å². The minimum atomic E-state index is -0.432. The van der Waals surface area contributed by atoms with Crippen LogP contribution in [-0.4, -0.2) is 24.9 Å². The van der Waals surface area contributed by atoms with E-state index < -0.39 is 5.91 Å². The van der Waals surface area contributed by atoms with E-state index in [0.29, 0.717) is 24.9 Å². The van der Waals surface area contributed by atoms with Crippen LogP contribution in [0.15, 0.2) is 24.3 Å². The summed E-state index contributed by atoms with van der Waals surface area (Å²) in [4.78, 5) is 22.7. The first kappa shape index (κ1) is 17.2. The summed E-state index contributed by atoms with van der Waals surface area (Å²) in [6.07, 6.45) is 5.32. The molecule has 5 heteroatoms. The Morgan fingerprint density at radius 1 is 1.10 bits per heavy atom. The van der Waals surface area contributed by atoms with E-state index in [-0.39, 0.29) is 5.91 Å². The van der Waals surface area contributed by atoms with Crippen LogP contribution in [0.2, 0.25) is 0 Å². The molecular formula is C16H25N3O2. The minimum absolute atomic E-state index is 0.0776. The van der Waals surface area contributed by atoms with Crippen molar-refractivity contribution < 1.29 is 9.59 Å². The molecular weight excluding hydrogens is 266 g/mol. The summed E-state index contributed by atoms with van der Waals surface area (Å²) in [5, 5.41) is 2.89. The maximum atomic E-state index is 11.6. The Labute approximate surface area is 126 Å². The summed E-state index contributed by atoms with van der Waals surface area (Å²) in [6.45, 7) is 1.29. The Kier molecular flexibility index (Phi) is 8.12. The minimum Gasteiger partial charge on any atom is -0.366 e. The molecule has 0 saturated carbocycles. The van der Waals surface area contributed by atoms with E-state index in [2.05, 4.69) is 5.32 Å². The molecule has 0 aromatic heterocycles. The Morgan fingerprint density at radius 2 is 1.86 bits per heavy atom. The fourth-order valence-corrected chi connectivity index (χ4v) is 2.10. The molecule has 0 radical (unpaired) electrons. The van der Waals surface area contributed by atoms with Crippen LogP contribution in [0, 0.1) is 0 Å². The average molecular weight is 291 g/mol. The molecule has 0 aliphatic heterocycles. The molecule has 1 rings (SSSR count). The number of rotatable bonds is 10. The predicted octanol–water partition coefficient (Wildman–Crippen LogP) is 1.35. The third-order valence-electron chi connectivity index (χ3n) is 3.31. The lowest BCUT2D eigenvalue weighted by molar-refractivity contribution is -0.121. The number of primary amides is 1. The van der Waals surface area contributed by atoms with Crippen LogP contribution in [-0.2, 0) is 11.2 Å². The number of benzene rings is 1. The molecule has 5 nitrogen and oxygen atoms in total. The van der Waals surface area contributed by atoms with Crippen LogP contribution in [0.1, 0.15) is 48.0 Å². The lowest BCUT2D eigenvalue weighted by atomic mass is 10.1. The van der Waals surface area contributed by atoms with Crippen LogP contribution in [0.4, 0.5) is 0 Å². The van der Waals surface area contributed by atoms with Crippen LogP contribution in [0.3, 0.4) is 0 Å². The number of nitrogens with one attached hydrogen (secondary N) is 1. The maximum Gasteiger partial charge on any atom is 0.248 e. The maximum absolute atomic E-state index is 11.6. The highest BCUT2D eigenvalue weighted by atomic mass is 16.1. The molecule has 21 heavy (non-hydrogen) atoms. The molecule has 0 fully saturated rings. The molecule has 0 bridgehead atoms. The number of unbranched alkanes of at least 4 members (excludes halogenated alkanes) is 3. The van der Waals surface area contributed by atoms with Crippen molar-refractivity contribution in [1.29, 1.82) is 0 Å². The second-order valence-corrected chi connectivity index (χ2v) is 5.12. The molecule has 1 aromatic rings. The Bertz CT molecular complexity index is 461. The van der Waals surface area contributed by atoms with E-state index in [1.807, 2.05) is 6.07 Å². The molecule has 0 spiro atoms. The van der Waals surface area contributed by atoms with Crippen LogP contribution < -0.4 is 16.8 Å². The summed E-state index contributed by atoms with van der Waals surface area (Å²) in [5.74, 6) is -0.354. The van der Waals surface area contributed by atoms with Crippen LogP contribution in [0.5, 0.6) is 0 Å². The zero-order valence-electron chi connectivity index (χ0n) is 12.4. The first-order valence-electron chi connectivity index (χ1n) is 7.49. The van der Waals surface area contributed by atoms with Gasteiger partial charge in [-0.25, -0.2) is 0 Å². The highest BCUT2D eigenvalue weighted by Gasteiger charge is 2.03. The zero-order chi connectivity index (χ0) is 15.5. The lowest BCUT2D eigenvalue weighted by Gasteiger charge is -2.06. The van der Waals surface area contributed by atoms with E-state index in [1.165, 1.54) is 0 Å². The van der Waals surface area contributed by atoms with Crippen LogP contribution in [0.25, 0.3) is 0 Å². The summed E-state index contributed by atoms with van der Waals surface area (Å²) in [7, 11) is 0. The second-order valence-electron chi connectivity index (χ2n) is 5.12. The average Bonchev–Trinajstić information content (AvgIpc) is 2.47. The van der Waals surface area contributed by atoms with Crippen molar-refractivity contribution in [1.82, 2.24) is 5.32 Å². The number of carbonyl (C=O) groups excluding carboxylic acids is 2. The van der Waals surface area contributed by atoms with Crippen molar-refractivity contribution in [3.63, 3.8) is 0 Å². The van der Waals surface area contributed by atoms with Gasteiger partial charge in [0.05, 0.1) is 0 Å². The van der Waals surface area contributed by atoms with Gasteiger partial charge < -0.3 is 16.8 Å². The van der Waals surface area contributed by atoms with Crippen molar-refractivity contribution in [2.75, 3.05) is 13.1 Å². The van der Waals surface area contributed by atoms with E-state index in [0.717, 1.165) is 37.8 Å². The standard InChI is InChI=1S/C16H25N3O2/c17-10-4-2-1-3-8-15(20)19-11-9-13-6-5-7-14(12-13)16(18)21/h5-7,12H,1-4,8-11,17H2,(H2,18,21)(H,19,20). The molecule has 0 unspecified atom stereocenters. The van der Waals surface area contributed by atoms with E-state index in [4.69, 9.17) is 11.5 Å². The van der Waals surface area contributed by atoms with Gasteiger partial charge in [-0.3, -0.25) is 9.59 Å². The van der Waals surface area contributed by atoms with Crippen LogP contribution >= 0.6 is 0 Å². The summed E-state index contributed by atoms with van der Waals surface area (Å²) < 4.78 is 0. The van der Waals surface area contributed by atoms with Gasteiger partial charge in [0.2, 0.25) is 11.8 Å². The molecule has 2 amide bonds. The SMILES string of the molecule is NCCCCCCC(=O)NCCc1cccc(C(N)=O)c1. The summed E-state index contributed by atoms with van der Waals surface area (Å²) in [5.41, 5.74) is 12.1. The van der Waals surface area contributed by atoms with Gasteiger partial charge in [0.15, 0.2) is 0 Å². The molecule has 0 aliphatic rings. The smallest absolute Gasteiger partial charge is 0.248 e. The highest BCUT2D eigenvalue weighted by Crippen LogP contribution is 2.05. The van der Waals surface area contributed by atoms with Gasteiger partial charge in [-0.2, -0.15) is 0 Å². The molecule has 1 aromatic carbocycles. The number of carbonyl (C=O) groups is 2. The molecule has 0 aliphatic carbocycles. The van der Waals surface area contributed by atoms with Gasteiger partial charge >= 0.3 is 0 Å². The Balaban J connectivity index is 2.19. The number of amides is 2. The van der Waals surface area contributed by atoms with Crippen molar-refractivity contribution in [2.24, 2.45) is 11.5 Å². The predicted molar refractivity (Wildman–Crippen MR) is 83.8 cm³/mol. The molecule has 0 saturated heterocycles. The van der Waals surface area contributed by atoms with E-state index in [9.17, 15) is 9.59 Å². The van der Waals surface area contributed by atoms with E-state index >= 15 is 0 Å². The third kappa shape index (κ3) is 7.46. The summed E-state index contributed by atoms with van der Waals surface area (Å²) in [6, 6.07) is 7.17. The van der Waals surface area contributed by atoms with Gasteiger partial charge in [-0.05, 0) is 43.5 Å². The number of hydrogen-bond donors (Lipinski definition) is 3. The normalized spacial score (nSPS) is 10.3. The van der Waals surface area contributed by atoms with Crippen molar-refractivity contribution in [2.45, 2.75) is 38.5 Å². The highest BCUT2D eigenvalue weighted by molar-refractivity contribution is 5.92. The summed E-state index contributed by atoms with van der Waals surface area (Å²) >= 11 is 0. The Morgan fingerprint density at radius 3 is 2.57 bits per heavy atom. The first-order chi connectivity index (χ1) is 10.1. The van der Waals surface area contributed by atoms with Gasteiger partial charge in [-0.15, -0.1) is 0 Å². The molecule has 0 atom stereocenters. The van der Waals surface area contributed by atoms with E-state index in [1.54, 1.807) is 18.2 Å². The largest absolute Gasteiger partial charge is 0.366 e. The third-order valence-corrected chi connectivity index (χ3v) is 3.31. The second kappa shape index (κ2) is 9.94. The quantitative estimate of drug-likeness (QED) is 0.567. The molecule has 116 valence electrons. The van der Waals surface area contributed by atoms with Crippen molar-refractivity contribution >= 4 is 11.8 Å². The van der Waals surface area contributed by atoms with Crippen molar-refractivity contribution in [3.05, 3.63) is 35.4 Å². The monoisotopic (exact) mass is 291 g/mol.